The van der Waals surface area contributed by atoms with Crippen molar-refractivity contribution in [3.05, 3.63) is 48.2 Å². The van der Waals surface area contributed by atoms with Crippen molar-refractivity contribution >= 4 is 23.3 Å². The molecular weight excluding hydrogens is 436 g/mol. The number of amides is 2. The summed E-state index contributed by atoms with van der Waals surface area (Å²) in [6.07, 6.45) is 4.14. The van der Waals surface area contributed by atoms with Crippen molar-refractivity contribution in [2.45, 2.75) is 19.3 Å². The first kappa shape index (κ1) is 24.0. The van der Waals surface area contributed by atoms with Crippen LogP contribution in [0, 0.1) is 5.92 Å². The van der Waals surface area contributed by atoms with Gasteiger partial charge in [0.2, 0.25) is 5.91 Å². The van der Waals surface area contributed by atoms with Gasteiger partial charge in [-0.1, -0.05) is 12.1 Å². The number of rotatable bonds is 4. The van der Waals surface area contributed by atoms with Crippen LogP contribution < -0.4 is 10.1 Å². The molecule has 2 N–H and O–H groups in total. The number of anilines is 2. The number of hydrogen-bond donors (Lipinski definition) is 2. The largest absolute Gasteiger partial charge is 0.489 e. The van der Waals surface area contributed by atoms with Crippen molar-refractivity contribution in [1.82, 2.24) is 14.8 Å². The second-order valence-corrected chi connectivity index (χ2v) is 8.54. The summed E-state index contributed by atoms with van der Waals surface area (Å²) in [5.41, 5.74) is 1.08. The smallest absolute Gasteiger partial charge is 0.258 e. The van der Waals surface area contributed by atoms with Gasteiger partial charge in [-0.25, -0.2) is 4.98 Å². The van der Waals surface area contributed by atoms with E-state index in [1.807, 2.05) is 29.2 Å². The van der Waals surface area contributed by atoms with Gasteiger partial charge in [-0.3, -0.25) is 9.59 Å². The van der Waals surface area contributed by atoms with Gasteiger partial charge in [-0.15, -0.1) is 0 Å². The number of nitrogens with one attached hydrogen (secondary N) is 1. The molecule has 0 unspecified atom stereocenters. The van der Waals surface area contributed by atoms with E-state index in [2.05, 4.69) is 10.3 Å². The molecule has 0 aliphatic carbocycles. The molecule has 9 nitrogen and oxygen atoms in total. The standard InChI is InChI=1S/C25H32N4O5/c30-14-9-19-7-11-28(12-8-19)23(31)18-29-13-15-33-16-17-34-22-6-2-1-5-21(22)27-24-20(25(29)32)4-3-10-26-24/h1-6,10,19,30H,7-9,11-18H2,(H,26,27). The average molecular weight is 469 g/mol. The molecule has 1 aromatic heterocycles. The van der Waals surface area contributed by atoms with E-state index in [-0.39, 0.29) is 31.5 Å². The molecule has 0 bridgehead atoms. The average Bonchev–Trinajstić information content (AvgIpc) is 2.87. The van der Waals surface area contributed by atoms with Gasteiger partial charge < -0.3 is 29.7 Å². The Bertz CT molecular complexity index is 977. The summed E-state index contributed by atoms with van der Waals surface area (Å²) in [6, 6.07) is 10.9. The summed E-state index contributed by atoms with van der Waals surface area (Å²) in [5, 5.41) is 12.4. The molecule has 3 heterocycles. The number of ether oxygens (including phenoxy) is 2. The number of piperidine rings is 1. The molecular formula is C25H32N4O5. The summed E-state index contributed by atoms with van der Waals surface area (Å²) in [5.74, 6) is 1.15. The van der Waals surface area contributed by atoms with E-state index in [4.69, 9.17) is 14.6 Å². The van der Waals surface area contributed by atoms with Gasteiger partial charge in [0.05, 0.1) is 24.5 Å². The van der Waals surface area contributed by atoms with Crippen LogP contribution in [-0.2, 0) is 9.53 Å². The van der Waals surface area contributed by atoms with E-state index in [1.165, 1.54) is 4.90 Å². The Morgan fingerprint density at radius 2 is 1.91 bits per heavy atom. The van der Waals surface area contributed by atoms with E-state index < -0.39 is 0 Å². The quantitative estimate of drug-likeness (QED) is 0.710. The number of nitrogens with zero attached hydrogens (tertiary/aromatic N) is 3. The minimum atomic E-state index is -0.277. The molecule has 0 atom stereocenters. The second-order valence-electron chi connectivity index (χ2n) is 8.54. The lowest BCUT2D eigenvalue weighted by molar-refractivity contribution is -0.133. The van der Waals surface area contributed by atoms with E-state index in [1.54, 1.807) is 18.3 Å². The van der Waals surface area contributed by atoms with Crippen molar-refractivity contribution in [3.63, 3.8) is 0 Å². The molecule has 0 saturated carbocycles. The fourth-order valence-corrected chi connectivity index (χ4v) is 4.33. The Kier molecular flexibility index (Phi) is 8.32. The van der Waals surface area contributed by atoms with Crippen LogP contribution in [0.25, 0.3) is 0 Å². The first-order valence-corrected chi connectivity index (χ1v) is 11.8. The Hall–Kier alpha value is -3.17. The maximum atomic E-state index is 13.6. The third-order valence-corrected chi connectivity index (χ3v) is 6.29. The van der Waals surface area contributed by atoms with Gasteiger partial charge in [-0.2, -0.15) is 0 Å². The number of hydrogen-bond acceptors (Lipinski definition) is 7. The van der Waals surface area contributed by atoms with Gasteiger partial charge in [-0.05, 0) is 49.4 Å². The number of pyridine rings is 1. The number of aliphatic hydroxyl groups is 1. The number of carbonyl (C=O) groups excluding carboxylic acids is 2. The maximum absolute atomic E-state index is 13.6. The van der Waals surface area contributed by atoms with Gasteiger partial charge in [0.25, 0.3) is 5.91 Å². The number of benzene rings is 1. The van der Waals surface area contributed by atoms with E-state index >= 15 is 0 Å². The van der Waals surface area contributed by atoms with Crippen molar-refractivity contribution in [2.75, 3.05) is 57.9 Å². The lowest BCUT2D eigenvalue weighted by atomic mass is 9.94. The molecule has 0 spiro atoms. The predicted octanol–water partition coefficient (Wildman–Crippen LogP) is 2.30. The van der Waals surface area contributed by atoms with Crippen molar-refractivity contribution in [2.24, 2.45) is 5.92 Å². The molecule has 4 rings (SSSR count). The lowest BCUT2D eigenvalue weighted by Crippen LogP contribution is -2.46. The highest BCUT2D eigenvalue weighted by Gasteiger charge is 2.27. The Labute approximate surface area is 199 Å². The highest BCUT2D eigenvalue weighted by molar-refractivity contribution is 6.01. The van der Waals surface area contributed by atoms with Gasteiger partial charge >= 0.3 is 0 Å². The normalized spacial score (nSPS) is 17.9. The molecule has 9 heteroatoms. The maximum Gasteiger partial charge on any atom is 0.258 e. The van der Waals surface area contributed by atoms with E-state index in [0.29, 0.717) is 61.6 Å². The number of para-hydroxylation sites is 2. The molecule has 2 aromatic rings. The van der Waals surface area contributed by atoms with Crippen molar-refractivity contribution < 1.29 is 24.2 Å². The highest BCUT2D eigenvalue weighted by Crippen LogP contribution is 2.29. The molecule has 34 heavy (non-hydrogen) atoms. The predicted molar refractivity (Wildman–Crippen MR) is 127 cm³/mol. The SMILES string of the molecule is O=C(CN1CCOCCOc2ccccc2Nc2ncccc2C1=O)N1CCC(CCO)CC1. The summed E-state index contributed by atoms with van der Waals surface area (Å²) >= 11 is 0. The van der Waals surface area contributed by atoms with Crippen molar-refractivity contribution in [1.29, 1.82) is 0 Å². The van der Waals surface area contributed by atoms with Crippen LogP contribution in [0.3, 0.4) is 0 Å². The highest BCUT2D eigenvalue weighted by atomic mass is 16.5. The minimum Gasteiger partial charge on any atom is -0.489 e. The lowest BCUT2D eigenvalue weighted by Gasteiger charge is -2.33. The molecule has 1 aromatic carbocycles. The molecule has 2 aliphatic heterocycles. The number of aromatic nitrogens is 1. The monoisotopic (exact) mass is 468 g/mol. The number of likely N-dealkylation sites (tertiary alicyclic amines) is 1. The summed E-state index contributed by atoms with van der Waals surface area (Å²) in [6.45, 7) is 2.77. The topological polar surface area (TPSA) is 104 Å². The zero-order valence-electron chi connectivity index (χ0n) is 19.3. The van der Waals surface area contributed by atoms with E-state index in [9.17, 15) is 9.59 Å². The molecule has 2 aliphatic rings. The first-order chi connectivity index (χ1) is 16.7. The number of aliphatic hydroxyl groups excluding tert-OH is 1. The van der Waals surface area contributed by atoms with Crippen LogP contribution in [0.4, 0.5) is 11.5 Å². The first-order valence-electron chi connectivity index (χ1n) is 11.8. The van der Waals surface area contributed by atoms with Crippen LogP contribution in [0.15, 0.2) is 42.6 Å². The Morgan fingerprint density at radius 3 is 2.74 bits per heavy atom. The molecule has 1 saturated heterocycles. The fourth-order valence-electron chi connectivity index (χ4n) is 4.33. The third kappa shape index (κ3) is 6.03. The molecule has 2 amide bonds. The summed E-state index contributed by atoms with van der Waals surface area (Å²) in [4.78, 5) is 34.4. The second kappa shape index (κ2) is 11.8. The fraction of sp³-hybridized carbons (Fsp3) is 0.480. The number of carbonyl (C=O) groups is 2. The van der Waals surface area contributed by atoms with Crippen LogP contribution in [0.2, 0.25) is 0 Å². The number of fused-ring (bicyclic) bond motifs is 2. The zero-order chi connectivity index (χ0) is 23.8. The molecule has 1 fully saturated rings. The zero-order valence-corrected chi connectivity index (χ0v) is 19.3. The molecule has 0 radical (unpaired) electrons. The minimum absolute atomic E-state index is 0.0196. The van der Waals surface area contributed by atoms with Crippen LogP contribution in [0.5, 0.6) is 5.75 Å². The Morgan fingerprint density at radius 1 is 1.09 bits per heavy atom. The van der Waals surface area contributed by atoms with Crippen LogP contribution >= 0.6 is 0 Å². The summed E-state index contributed by atoms with van der Waals surface area (Å²) in [7, 11) is 0. The van der Waals surface area contributed by atoms with E-state index in [0.717, 1.165) is 19.3 Å². The van der Waals surface area contributed by atoms with Gasteiger partial charge in [0.15, 0.2) is 0 Å². The van der Waals surface area contributed by atoms with Gasteiger partial charge in [0.1, 0.15) is 24.7 Å². The third-order valence-electron chi connectivity index (χ3n) is 6.29. The van der Waals surface area contributed by atoms with Crippen molar-refractivity contribution in [3.8, 4) is 5.75 Å². The van der Waals surface area contributed by atoms with Crippen LogP contribution in [0.1, 0.15) is 29.6 Å². The summed E-state index contributed by atoms with van der Waals surface area (Å²) < 4.78 is 11.5. The Balaban J connectivity index is 1.52. The van der Waals surface area contributed by atoms with Crippen LogP contribution in [-0.4, -0.2) is 84.3 Å². The van der Waals surface area contributed by atoms with Gasteiger partial charge in [0, 0.05) is 32.4 Å². The molecule has 182 valence electrons.